The monoisotopic (exact) mass is 309 g/mol. The van der Waals surface area contributed by atoms with Crippen molar-refractivity contribution in [3.8, 4) is 5.75 Å². The van der Waals surface area contributed by atoms with E-state index in [1.165, 1.54) is 17.4 Å². The summed E-state index contributed by atoms with van der Waals surface area (Å²) in [6.45, 7) is 3.37. The summed E-state index contributed by atoms with van der Waals surface area (Å²) in [7, 11) is -3.05. The van der Waals surface area contributed by atoms with Crippen molar-refractivity contribution in [3.63, 3.8) is 0 Å². The fourth-order valence-electron chi connectivity index (χ4n) is 3.01. The minimum atomic E-state index is -3.05. The van der Waals surface area contributed by atoms with Gasteiger partial charge in [-0.3, -0.25) is 0 Å². The summed E-state index contributed by atoms with van der Waals surface area (Å²) < 4.78 is 30.6. The number of ether oxygens (including phenoxy) is 1. The summed E-state index contributed by atoms with van der Waals surface area (Å²) >= 11 is 0. The highest BCUT2D eigenvalue weighted by Crippen LogP contribution is 2.34. The smallest absolute Gasteiger partial charge is 0.211 e. The molecule has 1 saturated carbocycles. The molecule has 1 aliphatic heterocycles. The summed E-state index contributed by atoms with van der Waals surface area (Å²) in [6, 6.07) is 6.33. The Kier molecular flexibility index (Phi) is 3.97. The molecule has 0 aromatic heterocycles. The summed E-state index contributed by atoms with van der Waals surface area (Å²) in [5, 5.41) is 0. The van der Waals surface area contributed by atoms with Crippen LogP contribution in [0.3, 0.4) is 0 Å². The van der Waals surface area contributed by atoms with E-state index in [9.17, 15) is 8.42 Å². The van der Waals surface area contributed by atoms with Gasteiger partial charge in [-0.15, -0.1) is 0 Å². The van der Waals surface area contributed by atoms with E-state index in [1.54, 1.807) is 4.31 Å². The molecule has 0 unspecified atom stereocenters. The normalized spacial score (nSPS) is 21.4. The molecule has 4 nitrogen and oxygen atoms in total. The van der Waals surface area contributed by atoms with E-state index in [-0.39, 0.29) is 0 Å². The number of benzene rings is 1. The number of aryl methyl sites for hydroxylation is 1. The van der Waals surface area contributed by atoms with Gasteiger partial charge in [0.2, 0.25) is 10.0 Å². The van der Waals surface area contributed by atoms with Gasteiger partial charge in [0.15, 0.2) is 0 Å². The average Bonchev–Trinajstić information content (AvgIpc) is 3.24. The zero-order valence-electron chi connectivity index (χ0n) is 12.7. The van der Waals surface area contributed by atoms with Gasteiger partial charge in [0.05, 0.1) is 12.4 Å². The SMILES string of the molecule is Cc1ccc(OC2CC2)cc1C1CCN(S(C)(=O)=O)CC1. The first-order valence-corrected chi connectivity index (χ1v) is 9.50. The standard InChI is InChI=1S/C16H23NO3S/c1-12-3-4-15(20-14-5-6-14)11-16(12)13-7-9-17(10-8-13)21(2,18)19/h3-4,11,13-14H,5-10H2,1-2H3. The number of rotatable bonds is 4. The minimum Gasteiger partial charge on any atom is -0.490 e. The predicted octanol–water partition coefficient (Wildman–Crippen LogP) is 2.68. The van der Waals surface area contributed by atoms with Gasteiger partial charge in [0.25, 0.3) is 0 Å². The summed E-state index contributed by atoms with van der Waals surface area (Å²) in [5.41, 5.74) is 2.59. The van der Waals surface area contributed by atoms with Gasteiger partial charge < -0.3 is 4.74 Å². The lowest BCUT2D eigenvalue weighted by atomic mass is 9.87. The summed E-state index contributed by atoms with van der Waals surface area (Å²) in [5.74, 6) is 1.40. The molecule has 5 heteroatoms. The Morgan fingerprint density at radius 3 is 2.38 bits per heavy atom. The van der Waals surface area contributed by atoms with Crippen molar-refractivity contribution in [1.82, 2.24) is 4.31 Å². The third kappa shape index (κ3) is 3.58. The Hall–Kier alpha value is -1.07. The Morgan fingerprint density at radius 1 is 1.14 bits per heavy atom. The first-order chi connectivity index (χ1) is 9.93. The molecule has 0 amide bonds. The summed E-state index contributed by atoms with van der Waals surface area (Å²) in [4.78, 5) is 0. The van der Waals surface area contributed by atoms with Crippen LogP contribution in [0.25, 0.3) is 0 Å². The highest BCUT2D eigenvalue weighted by molar-refractivity contribution is 7.88. The van der Waals surface area contributed by atoms with E-state index in [2.05, 4.69) is 19.1 Å². The summed E-state index contributed by atoms with van der Waals surface area (Å²) in [6.07, 6.45) is 5.81. The van der Waals surface area contributed by atoms with Gasteiger partial charge in [0, 0.05) is 13.1 Å². The quantitative estimate of drug-likeness (QED) is 0.859. The first-order valence-electron chi connectivity index (χ1n) is 7.66. The first kappa shape index (κ1) is 14.9. The van der Waals surface area contributed by atoms with Crippen LogP contribution in [0.2, 0.25) is 0 Å². The van der Waals surface area contributed by atoms with E-state index in [0.29, 0.717) is 25.1 Å². The Balaban J connectivity index is 1.72. The molecule has 0 radical (unpaired) electrons. The second kappa shape index (κ2) is 5.61. The van der Waals surface area contributed by atoms with Gasteiger partial charge in [-0.2, -0.15) is 0 Å². The number of piperidine rings is 1. The van der Waals surface area contributed by atoms with E-state index in [0.717, 1.165) is 31.4 Å². The molecule has 1 saturated heterocycles. The van der Waals surface area contributed by atoms with Crippen LogP contribution in [-0.4, -0.2) is 38.2 Å². The molecule has 1 aliphatic carbocycles. The van der Waals surface area contributed by atoms with E-state index in [1.807, 2.05) is 6.07 Å². The van der Waals surface area contributed by atoms with Crippen molar-refractivity contribution < 1.29 is 13.2 Å². The molecular formula is C16H23NO3S. The van der Waals surface area contributed by atoms with Crippen LogP contribution in [0.15, 0.2) is 18.2 Å². The number of hydrogen-bond donors (Lipinski definition) is 0. The van der Waals surface area contributed by atoms with Crippen molar-refractivity contribution in [1.29, 1.82) is 0 Å². The molecule has 21 heavy (non-hydrogen) atoms. The fraction of sp³-hybridized carbons (Fsp3) is 0.625. The van der Waals surface area contributed by atoms with Gasteiger partial charge >= 0.3 is 0 Å². The zero-order chi connectivity index (χ0) is 15.0. The van der Waals surface area contributed by atoms with Crippen molar-refractivity contribution >= 4 is 10.0 Å². The topological polar surface area (TPSA) is 46.6 Å². The van der Waals surface area contributed by atoms with Gasteiger partial charge in [-0.05, 0) is 61.8 Å². The van der Waals surface area contributed by atoms with Crippen LogP contribution in [0, 0.1) is 6.92 Å². The van der Waals surface area contributed by atoms with Crippen molar-refractivity contribution in [2.24, 2.45) is 0 Å². The number of nitrogens with zero attached hydrogens (tertiary/aromatic N) is 1. The van der Waals surface area contributed by atoms with Crippen molar-refractivity contribution in [3.05, 3.63) is 29.3 Å². The van der Waals surface area contributed by atoms with E-state index >= 15 is 0 Å². The van der Waals surface area contributed by atoms with Crippen LogP contribution < -0.4 is 4.74 Å². The van der Waals surface area contributed by atoms with Crippen molar-refractivity contribution in [2.75, 3.05) is 19.3 Å². The van der Waals surface area contributed by atoms with Crippen molar-refractivity contribution in [2.45, 2.75) is 44.6 Å². The molecule has 2 aliphatic rings. The molecule has 0 spiro atoms. The average molecular weight is 309 g/mol. The third-order valence-electron chi connectivity index (χ3n) is 4.44. The maximum Gasteiger partial charge on any atom is 0.211 e. The molecule has 3 rings (SSSR count). The largest absolute Gasteiger partial charge is 0.490 e. The number of hydrogen-bond acceptors (Lipinski definition) is 3. The van der Waals surface area contributed by atoms with Crippen LogP contribution in [0.1, 0.15) is 42.7 Å². The Labute approximate surface area is 127 Å². The molecule has 0 atom stereocenters. The second-order valence-electron chi connectivity index (χ2n) is 6.27. The molecule has 1 heterocycles. The lowest BCUT2D eigenvalue weighted by molar-refractivity contribution is 0.300. The van der Waals surface area contributed by atoms with Crippen LogP contribution >= 0.6 is 0 Å². The predicted molar refractivity (Wildman–Crippen MR) is 83.2 cm³/mol. The Morgan fingerprint density at radius 2 is 1.81 bits per heavy atom. The molecule has 1 aromatic carbocycles. The molecule has 1 aromatic rings. The minimum absolute atomic E-state index is 0.410. The molecular weight excluding hydrogens is 286 g/mol. The van der Waals surface area contributed by atoms with Gasteiger partial charge in [-0.1, -0.05) is 6.07 Å². The number of sulfonamides is 1. The maximum atomic E-state index is 11.6. The van der Waals surface area contributed by atoms with Crippen LogP contribution in [-0.2, 0) is 10.0 Å². The Bertz CT molecular complexity index is 614. The van der Waals surface area contributed by atoms with Gasteiger partial charge in [-0.25, -0.2) is 12.7 Å². The van der Waals surface area contributed by atoms with Gasteiger partial charge in [0.1, 0.15) is 5.75 Å². The highest BCUT2D eigenvalue weighted by Gasteiger charge is 2.27. The van der Waals surface area contributed by atoms with E-state index in [4.69, 9.17) is 4.74 Å². The second-order valence-corrected chi connectivity index (χ2v) is 8.25. The molecule has 2 fully saturated rings. The lowest BCUT2D eigenvalue weighted by Gasteiger charge is -2.31. The van der Waals surface area contributed by atoms with Crippen LogP contribution in [0.5, 0.6) is 5.75 Å². The van der Waals surface area contributed by atoms with Crippen LogP contribution in [0.4, 0.5) is 0 Å². The highest BCUT2D eigenvalue weighted by atomic mass is 32.2. The maximum absolute atomic E-state index is 11.6. The lowest BCUT2D eigenvalue weighted by Crippen LogP contribution is -2.37. The zero-order valence-corrected chi connectivity index (χ0v) is 13.5. The molecule has 0 N–H and O–H groups in total. The fourth-order valence-corrected chi connectivity index (χ4v) is 3.88. The molecule has 0 bridgehead atoms. The molecule has 116 valence electrons. The third-order valence-corrected chi connectivity index (χ3v) is 5.74. The van der Waals surface area contributed by atoms with E-state index < -0.39 is 10.0 Å².